The van der Waals surface area contributed by atoms with Crippen LogP contribution in [0.2, 0.25) is 0 Å². The molecule has 0 aliphatic rings. The lowest BCUT2D eigenvalue weighted by molar-refractivity contribution is -0.123. The summed E-state index contributed by atoms with van der Waals surface area (Å²) in [6, 6.07) is 8.45. The monoisotopic (exact) mass is 397 g/mol. The fourth-order valence-corrected chi connectivity index (χ4v) is 2.98. The highest BCUT2D eigenvalue weighted by Gasteiger charge is 2.20. The Morgan fingerprint density at radius 1 is 1.15 bits per heavy atom. The van der Waals surface area contributed by atoms with Crippen LogP contribution in [0.25, 0.3) is 0 Å². The van der Waals surface area contributed by atoms with Crippen molar-refractivity contribution in [2.24, 2.45) is 0 Å². The maximum absolute atomic E-state index is 13.6. The molecule has 1 atom stereocenters. The molecule has 0 aromatic heterocycles. The van der Waals surface area contributed by atoms with Crippen LogP contribution in [0.5, 0.6) is 0 Å². The van der Waals surface area contributed by atoms with Gasteiger partial charge in [-0.15, -0.1) is 0 Å². The van der Waals surface area contributed by atoms with Gasteiger partial charge >= 0.3 is 5.97 Å². The number of hydrogen-bond donors (Lipinski definition) is 1. The number of carbonyl (C=O) groups excluding carboxylic acids is 2. The average molecular weight is 397 g/mol. The third kappa shape index (κ3) is 6.14. The lowest BCUT2D eigenvalue weighted by Gasteiger charge is -2.14. The van der Waals surface area contributed by atoms with E-state index in [9.17, 15) is 26.8 Å². The number of nitrogens with one attached hydrogen (secondary N) is 1. The summed E-state index contributed by atoms with van der Waals surface area (Å²) in [7, 11) is -3.28. The second-order valence-corrected chi connectivity index (χ2v) is 8.07. The summed E-state index contributed by atoms with van der Waals surface area (Å²) >= 11 is 0. The van der Waals surface area contributed by atoms with Gasteiger partial charge < -0.3 is 10.1 Å². The minimum atomic E-state index is -3.28. The summed E-state index contributed by atoms with van der Waals surface area (Å²) in [6.45, 7) is 1.29. The van der Waals surface area contributed by atoms with Crippen LogP contribution >= 0.6 is 0 Å². The quantitative estimate of drug-likeness (QED) is 0.757. The Morgan fingerprint density at radius 2 is 1.85 bits per heavy atom. The number of anilines is 1. The van der Waals surface area contributed by atoms with Crippen LogP contribution < -0.4 is 5.32 Å². The van der Waals surface area contributed by atoms with Crippen LogP contribution in [0.1, 0.15) is 22.8 Å². The molecule has 1 amide bonds. The molecule has 0 fully saturated rings. The highest BCUT2D eigenvalue weighted by atomic mass is 32.2. The number of ether oxygens (including phenoxy) is 1. The number of sulfone groups is 1. The van der Waals surface area contributed by atoms with Crippen LogP contribution in [-0.2, 0) is 25.1 Å². The molecule has 2 aromatic carbocycles. The summed E-state index contributed by atoms with van der Waals surface area (Å²) in [5.41, 5.74) is 0.223. The van der Waals surface area contributed by atoms with Crippen LogP contribution in [0, 0.1) is 11.6 Å². The molecule has 6 nitrogen and oxygen atoms in total. The molecule has 2 aromatic rings. The van der Waals surface area contributed by atoms with Crippen molar-refractivity contribution in [3.8, 4) is 0 Å². The molecule has 27 heavy (non-hydrogen) atoms. The Bertz CT molecular complexity index is 975. The van der Waals surface area contributed by atoms with E-state index in [4.69, 9.17) is 4.74 Å². The second kappa shape index (κ2) is 8.26. The van der Waals surface area contributed by atoms with Gasteiger partial charge in [0.2, 0.25) is 0 Å². The first-order valence-electron chi connectivity index (χ1n) is 7.79. The zero-order valence-electron chi connectivity index (χ0n) is 14.5. The molecule has 0 aliphatic heterocycles. The number of rotatable bonds is 6. The van der Waals surface area contributed by atoms with E-state index in [2.05, 4.69) is 5.32 Å². The molecule has 1 N–H and O–H groups in total. The smallest absolute Gasteiger partial charge is 0.338 e. The summed E-state index contributed by atoms with van der Waals surface area (Å²) in [5.74, 6) is -3.64. The first-order chi connectivity index (χ1) is 12.5. The normalized spacial score (nSPS) is 12.3. The van der Waals surface area contributed by atoms with E-state index < -0.39 is 39.5 Å². The molecular formula is C18H17F2NO5S. The average Bonchev–Trinajstić information content (AvgIpc) is 2.55. The lowest BCUT2D eigenvalue weighted by atomic mass is 10.1. The van der Waals surface area contributed by atoms with Gasteiger partial charge in [-0.25, -0.2) is 22.0 Å². The SMILES string of the molecule is CC(OC(=O)c1cccc(CS(C)(=O)=O)c1)C(=O)Nc1ccc(F)cc1F. The van der Waals surface area contributed by atoms with Gasteiger partial charge in [0.1, 0.15) is 11.6 Å². The van der Waals surface area contributed by atoms with Crippen LogP contribution in [-0.4, -0.2) is 32.7 Å². The molecular weight excluding hydrogens is 380 g/mol. The number of hydrogen-bond acceptors (Lipinski definition) is 5. The van der Waals surface area contributed by atoms with E-state index in [1.165, 1.54) is 25.1 Å². The molecule has 9 heteroatoms. The number of esters is 1. The summed E-state index contributed by atoms with van der Waals surface area (Å²) in [6.07, 6.45) is -0.195. The molecule has 0 radical (unpaired) electrons. The Labute approximate surface area is 155 Å². The lowest BCUT2D eigenvalue weighted by Crippen LogP contribution is -2.30. The van der Waals surface area contributed by atoms with Gasteiger partial charge in [0.25, 0.3) is 5.91 Å². The van der Waals surface area contributed by atoms with Crippen molar-refractivity contribution in [2.45, 2.75) is 18.8 Å². The Morgan fingerprint density at radius 3 is 2.48 bits per heavy atom. The molecule has 0 spiro atoms. The Hall–Kier alpha value is -2.81. The fourth-order valence-electron chi connectivity index (χ4n) is 2.20. The molecule has 2 rings (SSSR count). The van der Waals surface area contributed by atoms with Crippen molar-refractivity contribution in [3.05, 3.63) is 65.2 Å². The minimum Gasteiger partial charge on any atom is -0.449 e. The van der Waals surface area contributed by atoms with Gasteiger partial charge in [-0.2, -0.15) is 0 Å². The van der Waals surface area contributed by atoms with Gasteiger partial charge in [0, 0.05) is 12.3 Å². The van der Waals surface area contributed by atoms with Crippen molar-refractivity contribution < 1.29 is 31.5 Å². The van der Waals surface area contributed by atoms with Crippen molar-refractivity contribution in [2.75, 3.05) is 11.6 Å². The van der Waals surface area contributed by atoms with E-state index >= 15 is 0 Å². The molecule has 1 unspecified atom stereocenters. The van der Waals surface area contributed by atoms with Crippen LogP contribution in [0.3, 0.4) is 0 Å². The van der Waals surface area contributed by atoms with Crippen molar-refractivity contribution in [1.29, 1.82) is 0 Å². The molecule has 0 saturated carbocycles. The van der Waals surface area contributed by atoms with Gasteiger partial charge in [0.05, 0.1) is 17.0 Å². The predicted molar refractivity (Wildman–Crippen MR) is 94.9 cm³/mol. The first-order valence-corrected chi connectivity index (χ1v) is 9.85. The maximum atomic E-state index is 13.6. The number of halogens is 2. The zero-order chi connectivity index (χ0) is 20.2. The third-order valence-corrected chi connectivity index (χ3v) is 4.29. The van der Waals surface area contributed by atoms with Crippen LogP contribution in [0.15, 0.2) is 42.5 Å². The predicted octanol–water partition coefficient (Wildman–Crippen LogP) is 2.69. The molecule has 0 saturated heterocycles. The van der Waals surface area contributed by atoms with E-state index in [1.54, 1.807) is 6.07 Å². The van der Waals surface area contributed by atoms with E-state index in [0.717, 1.165) is 18.4 Å². The number of benzene rings is 2. The van der Waals surface area contributed by atoms with Crippen molar-refractivity contribution in [3.63, 3.8) is 0 Å². The standard InChI is InChI=1S/C18H17F2NO5S/c1-11(17(22)21-16-7-6-14(19)9-15(16)20)26-18(23)13-5-3-4-12(8-13)10-27(2,24)25/h3-9,11H,10H2,1-2H3,(H,21,22). The van der Waals surface area contributed by atoms with E-state index in [-0.39, 0.29) is 17.0 Å². The number of amides is 1. The Balaban J connectivity index is 2.04. The van der Waals surface area contributed by atoms with Gasteiger partial charge in [-0.1, -0.05) is 12.1 Å². The van der Waals surface area contributed by atoms with Crippen LogP contribution in [0.4, 0.5) is 14.5 Å². The van der Waals surface area contributed by atoms with E-state index in [0.29, 0.717) is 11.6 Å². The second-order valence-electron chi connectivity index (χ2n) is 5.93. The highest BCUT2D eigenvalue weighted by molar-refractivity contribution is 7.89. The fraction of sp³-hybridized carbons (Fsp3) is 0.222. The summed E-state index contributed by atoms with van der Waals surface area (Å²) < 4.78 is 54.2. The third-order valence-electron chi connectivity index (χ3n) is 3.43. The van der Waals surface area contributed by atoms with Gasteiger partial charge in [-0.05, 0) is 36.8 Å². The summed E-state index contributed by atoms with van der Waals surface area (Å²) in [4.78, 5) is 24.2. The van der Waals surface area contributed by atoms with Gasteiger partial charge in [-0.3, -0.25) is 4.79 Å². The maximum Gasteiger partial charge on any atom is 0.338 e. The zero-order valence-corrected chi connectivity index (χ0v) is 15.3. The van der Waals surface area contributed by atoms with Crippen molar-refractivity contribution >= 4 is 27.4 Å². The summed E-state index contributed by atoms with van der Waals surface area (Å²) in [5, 5.41) is 2.20. The Kier molecular flexibility index (Phi) is 6.27. The molecule has 0 aliphatic carbocycles. The van der Waals surface area contributed by atoms with Crippen molar-refractivity contribution in [1.82, 2.24) is 0 Å². The minimum absolute atomic E-state index is 0.0729. The van der Waals surface area contributed by atoms with E-state index in [1.807, 2.05) is 0 Å². The molecule has 0 bridgehead atoms. The van der Waals surface area contributed by atoms with Gasteiger partial charge in [0.15, 0.2) is 15.9 Å². The molecule has 0 heterocycles. The molecule has 144 valence electrons. The largest absolute Gasteiger partial charge is 0.449 e. The topological polar surface area (TPSA) is 89.5 Å². The number of carbonyl (C=O) groups is 2. The first kappa shape index (κ1) is 20.5. The highest BCUT2D eigenvalue weighted by Crippen LogP contribution is 2.16.